The standard InChI is InChI=1S/C25H32Cl3N3O/c1-17(22-8-4-19(26)14-24(22)28)29-25-15-21(7-9-23(25)27)31-12-10-30(11-13-31)20-5-2-18(16-32)3-6-20/h4,7-9,14-15,17-18,20,29,32H,2-3,5-6,10-13,16H2,1H3. The molecule has 4 nitrogen and oxygen atoms in total. The van der Waals surface area contributed by atoms with Crippen molar-refractivity contribution in [3.8, 4) is 0 Å². The zero-order valence-corrected chi connectivity index (χ0v) is 20.8. The van der Waals surface area contributed by atoms with Crippen molar-refractivity contribution in [3.63, 3.8) is 0 Å². The fourth-order valence-corrected chi connectivity index (χ4v) is 5.77. The number of nitrogens with zero attached hydrogens (tertiary/aromatic N) is 2. The number of hydrogen-bond donors (Lipinski definition) is 2. The van der Waals surface area contributed by atoms with Crippen molar-refractivity contribution in [3.05, 3.63) is 57.0 Å². The molecule has 4 rings (SSSR count). The number of benzene rings is 2. The Morgan fingerprint density at radius 2 is 1.66 bits per heavy atom. The molecule has 1 atom stereocenters. The zero-order valence-electron chi connectivity index (χ0n) is 18.5. The molecule has 1 unspecified atom stereocenters. The Labute approximate surface area is 206 Å². The first-order chi connectivity index (χ1) is 15.4. The molecule has 1 saturated heterocycles. The van der Waals surface area contributed by atoms with Gasteiger partial charge in [-0.25, -0.2) is 0 Å². The maximum absolute atomic E-state index is 9.39. The van der Waals surface area contributed by atoms with Crippen LogP contribution in [0.5, 0.6) is 0 Å². The van der Waals surface area contributed by atoms with Crippen LogP contribution in [0.2, 0.25) is 15.1 Å². The van der Waals surface area contributed by atoms with E-state index in [9.17, 15) is 5.11 Å². The minimum absolute atomic E-state index is 0.00147. The quantitative estimate of drug-likeness (QED) is 0.479. The summed E-state index contributed by atoms with van der Waals surface area (Å²) < 4.78 is 0. The van der Waals surface area contributed by atoms with Crippen molar-refractivity contribution in [2.75, 3.05) is 43.0 Å². The highest BCUT2D eigenvalue weighted by atomic mass is 35.5. The predicted octanol–water partition coefficient (Wildman–Crippen LogP) is 6.49. The highest BCUT2D eigenvalue weighted by molar-refractivity contribution is 6.35. The second-order valence-corrected chi connectivity index (χ2v) is 10.3. The molecule has 0 amide bonds. The fraction of sp³-hybridized carbons (Fsp3) is 0.520. The maximum Gasteiger partial charge on any atom is 0.0639 e. The van der Waals surface area contributed by atoms with Gasteiger partial charge in [-0.3, -0.25) is 4.90 Å². The molecule has 0 radical (unpaired) electrons. The summed E-state index contributed by atoms with van der Waals surface area (Å²) >= 11 is 19.0. The minimum Gasteiger partial charge on any atom is -0.396 e. The number of halogens is 3. The van der Waals surface area contributed by atoms with Crippen LogP contribution in [-0.2, 0) is 0 Å². The predicted molar refractivity (Wildman–Crippen MR) is 137 cm³/mol. The Kier molecular flexibility index (Phi) is 8.12. The third-order valence-corrected chi connectivity index (χ3v) is 7.91. The molecule has 1 saturated carbocycles. The summed E-state index contributed by atoms with van der Waals surface area (Å²) in [5.74, 6) is 0.512. The molecular formula is C25H32Cl3N3O. The number of hydrogen-bond acceptors (Lipinski definition) is 4. The van der Waals surface area contributed by atoms with Crippen molar-refractivity contribution in [1.82, 2.24) is 4.90 Å². The molecule has 2 N–H and O–H groups in total. The summed E-state index contributed by atoms with van der Waals surface area (Å²) in [6.45, 7) is 6.60. The number of nitrogens with one attached hydrogen (secondary N) is 1. The van der Waals surface area contributed by atoms with Crippen molar-refractivity contribution < 1.29 is 5.11 Å². The summed E-state index contributed by atoms with van der Waals surface area (Å²) in [5.41, 5.74) is 3.09. The third kappa shape index (κ3) is 5.66. The highest BCUT2D eigenvalue weighted by Gasteiger charge is 2.28. The SMILES string of the molecule is CC(Nc1cc(N2CCN(C3CCC(CO)CC3)CC2)ccc1Cl)c1ccc(Cl)cc1Cl. The van der Waals surface area contributed by atoms with Crippen LogP contribution >= 0.6 is 34.8 Å². The van der Waals surface area contributed by atoms with Crippen LogP contribution < -0.4 is 10.2 Å². The van der Waals surface area contributed by atoms with Gasteiger partial charge < -0.3 is 15.3 Å². The molecule has 32 heavy (non-hydrogen) atoms. The van der Waals surface area contributed by atoms with E-state index in [1.165, 1.54) is 18.5 Å². The molecule has 1 aliphatic carbocycles. The Balaban J connectivity index is 1.38. The number of piperazine rings is 1. The van der Waals surface area contributed by atoms with Gasteiger partial charge in [0.2, 0.25) is 0 Å². The summed E-state index contributed by atoms with van der Waals surface area (Å²) in [7, 11) is 0. The molecule has 7 heteroatoms. The van der Waals surface area contributed by atoms with Crippen LogP contribution in [0.1, 0.15) is 44.2 Å². The van der Waals surface area contributed by atoms with Gasteiger partial charge in [0.15, 0.2) is 0 Å². The van der Waals surface area contributed by atoms with Gasteiger partial charge in [0.25, 0.3) is 0 Å². The Morgan fingerprint density at radius 1 is 0.938 bits per heavy atom. The van der Waals surface area contributed by atoms with Gasteiger partial charge in [-0.1, -0.05) is 40.9 Å². The lowest BCUT2D eigenvalue weighted by Gasteiger charge is -2.42. The number of anilines is 2. The average molecular weight is 497 g/mol. The lowest BCUT2D eigenvalue weighted by Crippen LogP contribution is -2.51. The van der Waals surface area contributed by atoms with E-state index in [0.717, 1.165) is 50.3 Å². The normalized spacial score (nSPS) is 23.2. The van der Waals surface area contributed by atoms with Crippen LogP contribution in [0, 0.1) is 5.92 Å². The van der Waals surface area contributed by atoms with Crippen LogP contribution in [0.15, 0.2) is 36.4 Å². The van der Waals surface area contributed by atoms with E-state index >= 15 is 0 Å². The van der Waals surface area contributed by atoms with E-state index in [-0.39, 0.29) is 6.04 Å². The van der Waals surface area contributed by atoms with Gasteiger partial charge in [-0.2, -0.15) is 0 Å². The van der Waals surface area contributed by atoms with Gasteiger partial charge in [0.1, 0.15) is 0 Å². The average Bonchev–Trinajstić information content (AvgIpc) is 2.80. The second kappa shape index (κ2) is 10.8. The van der Waals surface area contributed by atoms with Crippen molar-refractivity contribution in [2.45, 2.75) is 44.7 Å². The number of aliphatic hydroxyl groups is 1. The van der Waals surface area contributed by atoms with Crippen molar-refractivity contribution in [2.24, 2.45) is 5.92 Å². The van der Waals surface area contributed by atoms with E-state index in [4.69, 9.17) is 34.8 Å². The number of aliphatic hydroxyl groups excluding tert-OH is 1. The van der Waals surface area contributed by atoms with Crippen molar-refractivity contribution >= 4 is 46.2 Å². The van der Waals surface area contributed by atoms with Gasteiger partial charge in [0.05, 0.1) is 16.8 Å². The van der Waals surface area contributed by atoms with Gasteiger partial charge in [0, 0.05) is 54.6 Å². The first-order valence-electron chi connectivity index (χ1n) is 11.6. The Morgan fingerprint density at radius 3 is 2.31 bits per heavy atom. The first kappa shape index (κ1) is 24.0. The lowest BCUT2D eigenvalue weighted by molar-refractivity contribution is 0.106. The van der Waals surface area contributed by atoms with E-state index in [1.807, 2.05) is 18.2 Å². The smallest absolute Gasteiger partial charge is 0.0639 e. The summed E-state index contributed by atoms with van der Waals surface area (Å²) in [4.78, 5) is 5.08. The Hall–Kier alpha value is -1.17. The topological polar surface area (TPSA) is 38.7 Å². The summed E-state index contributed by atoms with van der Waals surface area (Å²) in [6.07, 6.45) is 4.74. The van der Waals surface area contributed by atoms with Gasteiger partial charge >= 0.3 is 0 Å². The van der Waals surface area contributed by atoms with E-state index in [0.29, 0.717) is 33.6 Å². The third-order valence-electron chi connectivity index (χ3n) is 7.02. The fourth-order valence-electron chi connectivity index (χ4n) is 5.02. The lowest BCUT2D eigenvalue weighted by atomic mass is 9.85. The highest BCUT2D eigenvalue weighted by Crippen LogP contribution is 2.34. The molecule has 1 aliphatic heterocycles. The molecule has 2 fully saturated rings. The molecule has 2 aliphatic rings. The Bertz CT molecular complexity index is 909. The largest absolute Gasteiger partial charge is 0.396 e. The monoisotopic (exact) mass is 495 g/mol. The van der Waals surface area contributed by atoms with Crippen LogP contribution in [0.4, 0.5) is 11.4 Å². The molecule has 0 bridgehead atoms. The van der Waals surface area contributed by atoms with E-state index < -0.39 is 0 Å². The van der Waals surface area contributed by atoms with Gasteiger partial charge in [-0.15, -0.1) is 0 Å². The second-order valence-electron chi connectivity index (χ2n) is 9.08. The molecular weight excluding hydrogens is 465 g/mol. The molecule has 0 spiro atoms. The number of rotatable bonds is 6. The molecule has 0 aromatic heterocycles. The maximum atomic E-state index is 9.39. The molecule has 2 aromatic carbocycles. The van der Waals surface area contributed by atoms with Crippen LogP contribution in [0.25, 0.3) is 0 Å². The first-order valence-corrected chi connectivity index (χ1v) is 12.7. The molecule has 1 heterocycles. The molecule has 2 aromatic rings. The summed E-state index contributed by atoms with van der Waals surface area (Å²) in [5, 5.41) is 14.9. The van der Waals surface area contributed by atoms with Crippen LogP contribution in [0.3, 0.4) is 0 Å². The van der Waals surface area contributed by atoms with Gasteiger partial charge in [-0.05, 0) is 74.4 Å². The van der Waals surface area contributed by atoms with E-state index in [2.05, 4.69) is 34.2 Å². The minimum atomic E-state index is -0.00147. The molecule has 174 valence electrons. The zero-order chi connectivity index (χ0) is 22.7. The van der Waals surface area contributed by atoms with Crippen LogP contribution in [-0.4, -0.2) is 48.8 Å². The van der Waals surface area contributed by atoms with Crippen molar-refractivity contribution in [1.29, 1.82) is 0 Å². The summed E-state index contributed by atoms with van der Waals surface area (Å²) in [6, 6.07) is 12.5. The van der Waals surface area contributed by atoms with E-state index in [1.54, 1.807) is 6.07 Å².